The van der Waals surface area contributed by atoms with E-state index in [-0.39, 0.29) is 18.2 Å². The smallest absolute Gasteiger partial charge is 0.304 e. The van der Waals surface area contributed by atoms with E-state index in [0.29, 0.717) is 5.02 Å². The zero-order chi connectivity index (χ0) is 13.8. The van der Waals surface area contributed by atoms with Crippen LogP contribution in [0.1, 0.15) is 23.5 Å². The number of rotatable bonds is 4. The van der Waals surface area contributed by atoms with Crippen molar-refractivity contribution in [3.63, 3.8) is 0 Å². The highest BCUT2D eigenvalue weighted by Crippen LogP contribution is 2.29. The van der Waals surface area contributed by atoms with Crippen LogP contribution >= 0.6 is 11.6 Å². The molecular formula is C15H12ClFO2. The van der Waals surface area contributed by atoms with Gasteiger partial charge in [-0.2, -0.15) is 0 Å². The summed E-state index contributed by atoms with van der Waals surface area (Å²) in [4.78, 5) is 11.0. The Morgan fingerprint density at radius 1 is 1.05 bits per heavy atom. The molecule has 2 aromatic rings. The zero-order valence-corrected chi connectivity index (χ0v) is 10.8. The maximum atomic E-state index is 12.9. The third-order valence-electron chi connectivity index (χ3n) is 2.92. The van der Waals surface area contributed by atoms with E-state index in [9.17, 15) is 9.18 Å². The maximum absolute atomic E-state index is 12.9. The van der Waals surface area contributed by atoms with Crippen molar-refractivity contribution in [1.29, 1.82) is 0 Å². The molecule has 19 heavy (non-hydrogen) atoms. The largest absolute Gasteiger partial charge is 0.481 e. The van der Waals surface area contributed by atoms with Gasteiger partial charge in [-0.1, -0.05) is 35.9 Å². The van der Waals surface area contributed by atoms with Crippen LogP contribution in [-0.2, 0) is 4.79 Å². The summed E-state index contributed by atoms with van der Waals surface area (Å²) in [5.41, 5.74) is 1.62. The molecule has 0 unspecified atom stereocenters. The quantitative estimate of drug-likeness (QED) is 0.915. The first kappa shape index (κ1) is 13.6. The summed E-state index contributed by atoms with van der Waals surface area (Å²) < 4.78 is 12.9. The fourth-order valence-electron chi connectivity index (χ4n) is 1.99. The van der Waals surface area contributed by atoms with Crippen LogP contribution in [0.15, 0.2) is 48.5 Å². The molecule has 0 radical (unpaired) electrons. The predicted molar refractivity (Wildman–Crippen MR) is 71.9 cm³/mol. The predicted octanol–water partition coefficient (Wildman–Crippen LogP) is 4.09. The molecule has 1 N–H and O–H groups in total. The van der Waals surface area contributed by atoms with Crippen LogP contribution < -0.4 is 0 Å². The molecule has 0 aromatic heterocycles. The molecular weight excluding hydrogens is 267 g/mol. The number of hydrogen-bond acceptors (Lipinski definition) is 1. The highest BCUT2D eigenvalue weighted by Gasteiger charge is 2.17. The van der Waals surface area contributed by atoms with Crippen molar-refractivity contribution in [2.45, 2.75) is 12.3 Å². The summed E-state index contributed by atoms with van der Waals surface area (Å²) in [6, 6.07) is 12.9. The molecule has 0 aliphatic rings. The van der Waals surface area contributed by atoms with E-state index in [4.69, 9.17) is 16.7 Å². The van der Waals surface area contributed by atoms with E-state index < -0.39 is 5.97 Å². The molecule has 0 amide bonds. The molecule has 1 atom stereocenters. The minimum absolute atomic E-state index is 0.0483. The molecule has 0 aliphatic heterocycles. The van der Waals surface area contributed by atoms with Gasteiger partial charge in [0.15, 0.2) is 0 Å². The number of carboxylic acid groups (broad SMARTS) is 1. The van der Waals surface area contributed by atoms with E-state index in [1.165, 1.54) is 12.1 Å². The monoisotopic (exact) mass is 278 g/mol. The van der Waals surface area contributed by atoms with Gasteiger partial charge < -0.3 is 5.11 Å². The number of halogens is 2. The molecule has 2 rings (SSSR count). The first-order valence-corrected chi connectivity index (χ1v) is 6.17. The Hall–Kier alpha value is -1.87. The summed E-state index contributed by atoms with van der Waals surface area (Å²) in [7, 11) is 0. The normalized spacial score (nSPS) is 12.1. The molecule has 0 saturated heterocycles. The fraction of sp³-hybridized carbons (Fsp3) is 0.133. The topological polar surface area (TPSA) is 37.3 Å². The molecule has 0 saturated carbocycles. The van der Waals surface area contributed by atoms with Crippen LogP contribution in [0.5, 0.6) is 0 Å². The van der Waals surface area contributed by atoms with Crippen molar-refractivity contribution >= 4 is 17.6 Å². The lowest BCUT2D eigenvalue weighted by Gasteiger charge is -2.16. The summed E-state index contributed by atoms with van der Waals surface area (Å²) in [5, 5.41) is 9.61. The van der Waals surface area contributed by atoms with Crippen LogP contribution in [-0.4, -0.2) is 11.1 Å². The van der Waals surface area contributed by atoms with Gasteiger partial charge in [0, 0.05) is 10.9 Å². The van der Waals surface area contributed by atoms with E-state index in [0.717, 1.165) is 11.1 Å². The van der Waals surface area contributed by atoms with E-state index in [1.807, 2.05) is 0 Å². The Morgan fingerprint density at radius 2 is 1.53 bits per heavy atom. The lowest BCUT2D eigenvalue weighted by molar-refractivity contribution is -0.137. The third kappa shape index (κ3) is 3.55. The van der Waals surface area contributed by atoms with Gasteiger partial charge in [-0.25, -0.2) is 4.39 Å². The van der Waals surface area contributed by atoms with E-state index in [1.54, 1.807) is 36.4 Å². The summed E-state index contributed by atoms with van der Waals surface area (Å²) >= 11 is 5.82. The van der Waals surface area contributed by atoms with Gasteiger partial charge in [-0.3, -0.25) is 4.79 Å². The molecule has 0 spiro atoms. The van der Waals surface area contributed by atoms with Crippen molar-refractivity contribution in [1.82, 2.24) is 0 Å². The summed E-state index contributed by atoms with van der Waals surface area (Å²) in [5.74, 6) is -1.55. The van der Waals surface area contributed by atoms with Gasteiger partial charge in [-0.05, 0) is 35.4 Å². The first-order chi connectivity index (χ1) is 9.06. The Morgan fingerprint density at radius 3 is 2.00 bits per heavy atom. The number of carboxylic acids is 1. The molecule has 0 aliphatic carbocycles. The van der Waals surface area contributed by atoms with Crippen LogP contribution in [0.3, 0.4) is 0 Å². The molecule has 2 nitrogen and oxygen atoms in total. The second kappa shape index (κ2) is 5.85. The van der Waals surface area contributed by atoms with Crippen LogP contribution in [0, 0.1) is 5.82 Å². The Labute approximate surface area is 115 Å². The SMILES string of the molecule is O=C(O)C[C@H](c1ccc(F)cc1)c1ccc(Cl)cc1. The minimum Gasteiger partial charge on any atom is -0.481 e. The molecule has 0 heterocycles. The Bertz CT molecular complexity index is 518. The Kier molecular flexibility index (Phi) is 4.17. The van der Waals surface area contributed by atoms with Crippen LogP contribution in [0.4, 0.5) is 4.39 Å². The molecule has 0 bridgehead atoms. The van der Waals surface area contributed by atoms with Gasteiger partial charge in [0.05, 0.1) is 6.42 Å². The number of hydrogen-bond donors (Lipinski definition) is 1. The van der Waals surface area contributed by atoms with E-state index in [2.05, 4.69) is 0 Å². The number of aliphatic carboxylic acids is 1. The minimum atomic E-state index is -0.899. The van der Waals surface area contributed by atoms with Gasteiger partial charge in [0.1, 0.15) is 5.82 Å². The number of benzene rings is 2. The van der Waals surface area contributed by atoms with Crippen molar-refractivity contribution < 1.29 is 14.3 Å². The van der Waals surface area contributed by atoms with Gasteiger partial charge in [0.2, 0.25) is 0 Å². The molecule has 98 valence electrons. The van der Waals surface area contributed by atoms with Gasteiger partial charge >= 0.3 is 5.97 Å². The standard InChI is InChI=1S/C15H12ClFO2/c16-12-5-1-10(2-6-12)14(9-15(18)19)11-3-7-13(17)8-4-11/h1-8,14H,9H2,(H,18,19)/t14-/m0/s1. The van der Waals surface area contributed by atoms with Crippen molar-refractivity contribution in [2.24, 2.45) is 0 Å². The van der Waals surface area contributed by atoms with Gasteiger partial charge in [-0.15, -0.1) is 0 Å². The van der Waals surface area contributed by atoms with Gasteiger partial charge in [0.25, 0.3) is 0 Å². The average Bonchev–Trinajstić information content (AvgIpc) is 2.38. The molecule has 0 fully saturated rings. The molecule has 4 heteroatoms. The average molecular weight is 279 g/mol. The van der Waals surface area contributed by atoms with E-state index >= 15 is 0 Å². The Balaban J connectivity index is 2.37. The highest BCUT2D eigenvalue weighted by molar-refractivity contribution is 6.30. The lowest BCUT2D eigenvalue weighted by Crippen LogP contribution is -2.08. The lowest BCUT2D eigenvalue weighted by atomic mass is 9.88. The van der Waals surface area contributed by atoms with Crippen LogP contribution in [0.25, 0.3) is 0 Å². The van der Waals surface area contributed by atoms with Crippen LogP contribution in [0.2, 0.25) is 5.02 Å². The maximum Gasteiger partial charge on any atom is 0.304 e. The van der Waals surface area contributed by atoms with Crippen molar-refractivity contribution in [3.05, 3.63) is 70.5 Å². The molecule has 2 aromatic carbocycles. The van der Waals surface area contributed by atoms with Crippen molar-refractivity contribution in [2.75, 3.05) is 0 Å². The number of carbonyl (C=O) groups is 1. The summed E-state index contributed by atoms with van der Waals surface area (Å²) in [6.07, 6.45) is -0.0483. The second-order valence-corrected chi connectivity index (χ2v) is 4.69. The van der Waals surface area contributed by atoms with Crippen molar-refractivity contribution in [3.8, 4) is 0 Å². The second-order valence-electron chi connectivity index (χ2n) is 4.25. The fourth-order valence-corrected chi connectivity index (χ4v) is 2.12. The zero-order valence-electron chi connectivity index (χ0n) is 10.0. The third-order valence-corrected chi connectivity index (χ3v) is 3.18. The first-order valence-electron chi connectivity index (χ1n) is 5.79. The summed E-state index contributed by atoms with van der Waals surface area (Å²) in [6.45, 7) is 0. The highest BCUT2D eigenvalue weighted by atomic mass is 35.5.